The molecule has 0 radical (unpaired) electrons. The van der Waals surface area contributed by atoms with E-state index in [2.05, 4.69) is 0 Å². The van der Waals surface area contributed by atoms with Crippen LogP contribution in [0.5, 0.6) is 0 Å². The Morgan fingerprint density at radius 1 is 1.29 bits per heavy atom. The van der Waals surface area contributed by atoms with E-state index in [1.54, 1.807) is 23.5 Å². The highest BCUT2D eigenvalue weighted by Crippen LogP contribution is 2.28. The lowest BCUT2D eigenvalue weighted by Gasteiger charge is -2.06. The Morgan fingerprint density at radius 2 is 1.93 bits per heavy atom. The van der Waals surface area contributed by atoms with E-state index in [1.165, 1.54) is 4.90 Å². The molecule has 1 aromatic rings. The van der Waals surface area contributed by atoms with Crippen molar-refractivity contribution in [1.82, 2.24) is 0 Å². The van der Waals surface area contributed by atoms with Crippen molar-refractivity contribution in [1.29, 1.82) is 0 Å². The van der Waals surface area contributed by atoms with Crippen molar-refractivity contribution in [3.63, 3.8) is 0 Å². The molecule has 0 unspecified atom stereocenters. The minimum atomic E-state index is -0.783. The molecule has 0 aliphatic carbocycles. The van der Waals surface area contributed by atoms with E-state index in [9.17, 15) is 4.79 Å². The van der Waals surface area contributed by atoms with Crippen LogP contribution in [0.4, 0.5) is 0 Å². The maximum Gasteiger partial charge on any atom is 0.307 e. The second kappa shape index (κ2) is 5.32. The van der Waals surface area contributed by atoms with Crippen LogP contribution in [0.2, 0.25) is 0 Å². The third-order valence-corrected chi connectivity index (χ3v) is 3.51. The molecular weight excluding hydrogens is 216 g/mol. The quantitative estimate of drug-likeness (QED) is 0.804. The molecule has 0 bridgehead atoms. The summed E-state index contributed by atoms with van der Waals surface area (Å²) in [5, 5.41) is 8.64. The van der Waals surface area contributed by atoms with Crippen molar-refractivity contribution in [3.05, 3.63) is 23.8 Å². The fourth-order valence-corrected chi connectivity index (χ4v) is 2.67. The third-order valence-electron chi connectivity index (χ3n) is 1.80. The predicted molar refractivity (Wildman–Crippen MR) is 61.3 cm³/mol. The Kier molecular flexibility index (Phi) is 4.35. The zero-order valence-corrected chi connectivity index (χ0v) is 9.74. The second-order valence-corrected chi connectivity index (χ2v) is 4.46. The lowest BCUT2D eigenvalue weighted by molar-refractivity contribution is -0.136. The maximum absolute atomic E-state index is 10.5. The van der Waals surface area contributed by atoms with Crippen molar-refractivity contribution in [2.75, 3.05) is 12.5 Å². The van der Waals surface area contributed by atoms with E-state index < -0.39 is 5.97 Å². The summed E-state index contributed by atoms with van der Waals surface area (Å²) in [6.45, 7) is 0. The van der Waals surface area contributed by atoms with Gasteiger partial charge in [0.25, 0.3) is 0 Å². The van der Waals surface area contributed by atoms with Crippen LogP contribution in [-0.4, -0.2) is 23.6 Å². The Morgan fingerprint density at radius 3 is 2.43 bits per heavy atom. The minimum Gasteiger partial charge on any atom is -0.481 e. The van der Waals surface area contributed by atoms with Gasteiger partial charge in [0.2, 0.25) is 0 Å². The fourth-order valence-electron chi connectivity index (χ4n) is 1.17. The molecule has 76 valence electrons. The molecule has 0 spiro atoms. The van der Waals surface area contributed by atoms with Gasteiger partial charge in [0.15, 0.2) is 0 Å². The Balaban J connectivity index is 2.95. The van der Waals surface area contributed by atoms with Crippen molar-refractivity contribution in [2.24, 2.45) is 0 Å². The summed E-state index contributed by atoms with van der Waals surface area (Å²) in [5.41, 5.74) is 0.861. The molecule has 0 aliphatic heterocycles. The van der Waals surface area contributed by atoms with Gasteiger partial charge in [-0.3, -0.25) is 4.79 Å². The lowest BCUT2D eigenvalue weighted by atomic mass is 10.1. The first kappa shape index (κ1) is 11.5. The Labute approximate surface area is 92.1 Å². The summed E-state index contributed by atoms with van der Waals surface area (Å²) in [4.78, 5) is 12.9. The van der Waals surface area contributed by atoms with Gasteiger partial charge in [-0.25, -0.2) is 0 Å². The molecular formula is C10H12O2S2. The molecule has 0 saturated carbocycles. The van der Waals surface area contributed by atoms with E-state index >= 15 is 0 Å². The van der Waals surface area contributed by atoms with Crippen LogP contribution in [0.3, 0.4) is 0 Å². The zero-order chi connectivity index (χ0) is 10.6. The van der Waals surface area contributed by atoms with Gasteiger partial charge in [-0.2, -0.15) is 0 Å². The lowest BCUT2D eigenvalue weighted by Crippen LogP contribution is -2.00. The van der Waals surface area contributed by atoms with Crippen molar-refractivity contribution in [2.45, 2.75) is 16.2 Å². The second-order valence-electron chi connectivity index (χ2n) is 2.76. The molecule has 1 aromatic carbocycles. The van der Waals surface area contributed by atoms with Crippen LogP contribution in [0.1, 0.15) is 5.56 Å². The summed E-state index contributed by atoms with van der Waals surface area (Å²) in [5.74, 6) is -0.783. The summed E-state index contributed by atoms with van der Waals surface area (Å²) in [6.07, 6.45) is 4.12. The first-order valence-corrected chi connectivity index (χ1v) is 6.55. The van der Waals surface area contributed by atoms with Crippen LogP contribution in [0.15, 0.2) is 28.0 Å². The number of benzene rings is 1. The van der Waals surface area contributed by atoms with E-state index in [0.29, 0.717) is 0 Å². The Hall–Kier alpha value is -0.610. The van der Waals surface area contributed by atoms with E-state index in [1.807, 2.05) is 30.7 Å². The highest BCUT2D eigenvalue weighted by atomic mass is 32.2. The van der Waals surface area contributed by atoms with E-state index in [-0.39, 0.29) is 6.42 Å². The van der Waals surface area contributed by atoms with Gasteiger partial charge in [0.1, 0.15) is 0 Å². The molecule has 0 saturated heterocycles. The number of rotatable bonds is 4. The predicted octanol–water partition coefficient (Wildman–Crippen LogP) is 2.76. The standard InChI is InChI=1S/C10H12O2S2/c1-13-8-4-3-7(6-10(11)12)5-9(8)14-2/h3-5H,6H2,1-2H3,(H,11,12). The van der Waals surface area contributed by atoms with Gasteiger partial charge in [-0.15, -0.1) is 23.5 Å². The summed E-state index contributed by atoms with van der Waals surface area (Å²) < 4.78 is 0. The van der Waals surface area contributed by atoms with Crippen molar-refractivity contribution in [3.8, 4) is 0 Å². The SMILES string of the molecule is CSc1ccc(CC(=O)O)cc1SC. The number of aliphatic carboxylic acids is 1. The highest BCUT2D eigenvalue weighted by molar-refractivity contribution is 8.01. The summed E-state index contributed by atoms with van der Waals surface area (Å²) in [6, 6.07) is 5.80. The van der Waals surface area contributed by atoms with E-state index in [0.717, 1.165) is 10.5 Å². The normalized spacial score (nSPS) is 10.1. The number of carbonyl (C=O) groups is 1. The average molecular weight is 228 g/mol. The highest BCUT2D eigenvalue weighted by Gasteiger charge is 2.04. The maximum atomic E-state index is 10.5. The smallest absolute Gasteiger partial charge is 0.307 e. The first-order valence-electron chi connectivity index (χ1n) is 4.10. The molecule has 14 heavy (non-hydrogen) atoms. The van der Waals surface area contributed by atoms with Gasteiger partial charge in [-0.1, -0.05) is 6.07 Å². The van der Waals surface area contributed by atoms with Crippen LogP contribution in [0, 0.1) is 0 Å². The molecule has 4 heteroatoms. The van der Waals surface area contributed by atoms with Crippen molar-refractivity contribution < 1.29 is 9.90 Å². The fraction of sp³-hybridized carbons (Fsp3) is 0.300. The molecule has 0 heterocycles. The molecule has 0 aliphatic rings. The minimum absolute atomic E-state index is 0.0994. The van der Waals surface area contributed by atoms with Crippen molar-refractivity contribution >= 4 is 29.5 Å². The summed E-state index contributed by atoms with van der Waals surface area (Å²) >= 11 is 3.33. The van der Waals surface area contributed by atoms with Gasteiger partial charge >= 0.3 is 5.97 Å². The zero-order valence-electron chi connectivity index (χ0n) is 8.11. The molecule has 1 N–H and O–H groups in total. The van der Waals surface area contributed by atoms with Crippen LogP contribution in [0.25, 0.3) is 0 Å². The Bertz CT molecular complexity index is 337. The third kappa shape index (κ3) is 2.96. The van der Waals surface area contributed by atoms with Gasteiger partial charge in [0.05, 0.1) is 6.42 Å². The topological polar surface area (TPSA) is 37.3 Å². The number of hydrogen-bond acceptors (Lipinski definition) is 3. The summed E-state index contributed by atoms with van der Waals surface area (Å²) in [7, 11) is 0. The van der Waals surface area contributed by atoms with Gasteiger partial charge in [0, 0.05) is 9.79 Å². The molecule has 0 amide bonds. The van der Waals surface area contributed by atoms with Crippen LogP contribution in [-0.2, 0) is 11.2 Å². The molecule has 0 aromatic heterocycles. The van der Waals surface area contributed by atoms with Gasteiger partial charge in [-0.05, 0) is 30.2 Å². The van der Waals surface area contributed by atoms with Crippen LogP contribution < -0.4 is 0 Å². The monoisotopic (exact) mass is 228 g/mol. The number of thioether (sulfide) groups is 2. The number of hydrogen-bond donors (Lipinski definition) is 1. The van der Waals surface area contributed by atoms with E-state index in [4.69, 9.17) is 5.11 Å². The van der Waals surface area contributed by atoms with Gasteiger partial charge < -0.3 is 5.11 Å². The molecule has 0 fully saturated rings. The number of carboxylic acid groups (broad SMARTS) is 1. The molecule has 2 nitrogen and oxygen atoms in total. The largest absolute Gasteiger partial charge is 0.481 e. The van der Waals surface area contributed by atoms with Crippen LogP contribution >= 0.6 is 23.5 Å². The first-order chi connectivity index (χ1) is 6.67. The molecule has 1 rings (SSSR count). The number of carboxylic acids is 1. The molecule has 0 atom stereocenters. The average Bonchev–Trinajstić information content (AvgIpc) is 2.16.